The van der Waals surface area contributed by atoms with E-state index in [1.54, 1.807) is 24.3 Å². The molecule has 0 spiro atoms. The summed E-state index contributed by atoms with van der Waals surface area (Å²) in [6.45, 7) is 0.0403. The third-order valence-corrected chi connectivity index (χ3v) is 2.51. The molecule has 1 N–H and O–H groups in total. The van der Waals surface area contributed by atoms with Crippen LogP contribution in [-0.2, 0) is 16.1 Å². The number of rotatable bonds is 5. The number of nitrogens with zero attached hydrogens (tertiary/aromatic N) is 4. The van der Waals surface area contributed by atoms with Gasteiger partial charge in [0.15, 0.2) is 0 Å². The first-order chi connectivity index (χ1) is 10.2. The molecule has 0 saturated heterocycles. The molecule has 8 nitrogen and oxygen atoms in total. The Morgan fingerprint density at radius 3 is 2.76 bits per heavy atom. The van der Waals surface area contributed by atoms with Crippen LogP contribution in [0.4, 0.5) is 0 Å². The molecule has 0 aliphatic heterocycles. The Morgan fingerprint density at radius 2 is 2.14 bits per heavy atom. The Kier molecular flexibility index (Phi) is 4.75. The summed E-state index contributed by atoms with van der Waals surface area (Å²) in [4.78, 5) is 26.5. The molecule has 108 valence electrons. The summed E-state index contributed by atoms with van der Waals surface area (Å²) in [6.07, 6.45) is 4.26. The van der Waals surface area contributed by atoms with E-state index in [0.717, 1.165) is 5.56 Å². The van der Waals surface area contributed by atoms with Gasteiger partial charge in [-0.2, -0.15) is 10.2 Å². The predicted octanol–water partition coefficient (Wildman–Crippen LogP) is 0.215. The quantitative estimate of drug-likeness (QED) is 0.481. The number of methoxy groups -OCH3 is 1. The number of hydrogen-bond acceptors (Lipinski definition) is 6. The molecule has 0 saturated carbocycles. The van der Waals surface area contributed by atoms with Gasteiger partial charge >= 0.3 is 5.97 Å². The average Bonchev–Trinajstić information content (AvgIpc) is 3.00. The van der Waals surface area contributed by atoms with Crippen molar-refractivity contribution in [1.29, 1.82) is 0 Å². The van der Waals surface area contributed by atoms with Crippen LogP contribution < -0.4 is 5.43 Å². The number of nitrogens with one attached hydrogen (secondary N) is 1. The first kappa shape index (κ1) is 14.4. The molecule has 1 aromatic heterocycles. The van der Waals surface area contributed by atoms with E-state index in [2.05, 4.69) is 25.3 Å². The fourth-order valence-corrected chi connectivity index (χ4v) is 1.50. The molecule has 1 heterocycles. The van der Waals surface area contributed by atoms with Gasteiger partial charge < -0.3 is 4.74 Å². The van der Waals surface area contributed by atoms with Crippen molar-refractivity contribution in [3.05, 3.63) is 48.0 Å². The van der Waals surface area contributed by atoms with Crippen LogP contribution in [0.5, 0.6) is 0 Å². The largest absolute Gasteiger partial charge is 0.465 e. The van der Waals surface area contributed by atoms with Gasteiger partial charge in [-0.25, -0.2) is 19.9 Å². The molecule has 0 fully saturated rings. The molecular formula is C13H13N5O3. The van der Waals surface area contributed by atoms with E-state index in [1.165, 1.54) is 30.7 Å². The summed E-state index contributed by atoms with van der Waals surface area (Å²) in [6, 6.07) is 6.62. The van der Waals surface area contributed by atoms with Crippen molar-refractivity contribution in [3.63, 3.8) is 0 Å². The number of amides is 1. The number of aromatic nitrogens is 3. The zero-order valence-corrected chi connectivity index (χ0v) is 11.3. The van der Waals surface area contributed by atoms with Gasteiger partial charge in [0.1, 0.15) is 19.2 Å². The first-order valence-electron chi connectivity index (χ1n) is 6.02. The summed E-state index contributed by atoms with van der Waals surface area (Å²) < 4.78 is 5.98. The zero-order valence-electron chi connectivity index (χ0n) is 11.3. The minimum Gasteiger partial charge on any atom is -0.465 e. The second-order valence-electron chi connectivity index (χ2n) is 4.00. The second-order valence-corrected chi connectivity index (χ2v) is 4.00. The zero-order chi connectivity index (χ0) is 15.1. The van der Waals surface area contributed by atoms with Crippen molar-refractivity contribution >= 4 is 18.1 Å². The lowest BCUT2D eigenvalue weighted by Crippen LogP contribution is -2.23. The molecule has 2 rings (SSSR count). The summed E-state index contributed by atoms with van der Waals surface area (Å²) >= 11 is 0. The number of carbonyl (C=O) groups excluding carboxylic acids is 2. The highest BCUT2D eigenvalue weighted by molar-refractivity contribution is 5.90. The Balaban J connectivity index is 1.86. The average molecular weight is 287 g/mol. The molecule has 2 aromatic rings. The van der Waals surface area contributed by atoms with E-state index >= 15 is 0 Å². The Morgan fingerprint density at radius 1 is 1.38 bits per heavy atom. The summed E-state index contributed by atoms with van der Waals surface area (Å²) in [5, 5.41) is 7.62. The minimum absolute atomic E-state index is 0.0403. The maximum Gasteiger partial charge on any atom is 0.337 e. The van der Waals surface area contributed by atoms with Crippen LogP contribution in [0.25, 0.3) is 0 Å². The van der Waals surface area contributed by atoms with Gasteiger partial charge in [0.2, 0.25) is 0 Å². The van der Waals surface area contributed by atoms with Gasteiger partial charge in [-0.05, 0) is 17.7 Å². The van der Waals surface area contributed by atoms with Crippen molar-refractivity contribution in [3.8, 4) is 0 Å². The molecule has 0 atom stereocenters. The molecule has 8 heteroatoms. The number of hydrazone groups is 1. The molecule has 21 heavy (non-hydrogen) atoms. The van der Waals surface area contributed by atoms with Crippen LogP contribution in [0, 0.1) is 0 Å². The predicted molar refractivity (Wildman–Crippen MR) is 73.5 cm³/mol. The van der Waals surface area contributed by atoms with Crippen molar-refractivity contribution in [2.45, 2.75) is 6.54 Å². The van der Waals surface area contributed by atoms with E-state index in [4.69, 9.17) is 0 Å². The smallest absolute Gasteiger partial charge is 0.337 e. The summed E-state index contributed by atoms with van der Waals surface area (Å²) in [7, 11) is 1.32. The van der Waals surface area contributed by atoms with Gasteiger partial charge in [0.25, 0.3) is 5.91 Å². The highest BCUT2D eigenvalue weighted by Gasteiger charge is 2.03. The van der Waals surface area contributed by atoms with Crippen molar-refractivity contribution in [2.24, 2.45) is 5.10 Å². The number of esters is 1. The van der Waals surface area contributed by atoms with E-state index in [-0.39, 0.29) is 12.5 Å². The van der Waals surface area contributed by atoms with E-state index < -0.39 is 5.97 Å². The van der Waals surface area contributed by atoms with E-state index in [9.17, 15) is 9.59 Å². The highest BCUT2D eigenvalue weighted by Crippen LogP contribution is 2.03. The highest BCUT2D eigenvalue weighted by atomic mass is 16.5. The Labute approximate surface area is 120 Å². The van der Waals surface area contributed by atoms with Crippen LogP contribution in [0.2, 0.25) is 0 Å². The first-order valence-corrected chi connectivity index (χ1v) is 6.02. The van der Waals surface area contributed by atoms with Gasteiger partial charge in [-0.15, -0.1) is 0 Å². The minimum atomic E-state index is -0.403. The molecule has 1 amide bonds. The third-order valence-electron chi connectivity index (χ3n) is 2.51. The van der Waals surface area contributed by atoms with Crippen molar-refractivity contribution in [1.82, 2.24) is 20.2 Å². The van der Waals surface area contributed by atoms with Crippen LogP contribution in [0.15, 0.2) is 42.0 Å². The molecule has 0 aliphatic carbocycles. The van der Waals surface area contributed by atoms with E-state index in [1.807, 2.05) is 0 Å². The van der Waals surface area contributed by atoms with E-state index in [0.29, 0.717) is 5.56 Å². The number of benzene rings is 1. The lowest BCUT2D eigenvalue weighted by Gasteiger charge is -2.00. The number of carbonyl (C=O) groups is 2. The fraction of sp³-hybridized carbons (Fsp3) is 0.154. The second kappa shape index (κ2) is 6.94. The molecule has 0 bridgehead atoms. The normalized spacial score (nSPS) is 10.5. The van der Waals surface area contributed by atoms with Gasteiger partial charge in [-0.3, -0.25) is 4.79 Å². The maximum atomic E-state index is 11.5. The molecular weight excluding hydrogens is 274 g/mol. The number of ether oxygens (including phenoxy) is 1. The van der Waals surface area contributed by atoms with Gasteiger partial charge in [0.05, 0.1) is 18.9 Å². The van der Waals surface area contributed by atoms with Crippen molar-refractivity contribution in [2.75, 3.05) is 7.11 Å². The van der Waals surface area contributed by atoms with Crippen LogP contribution in [0.3, 0.4) is 0 Å². The molecule has 0 radical (unpaired) electrons. The van der Waals surface area contributed by atoms with Crippen molar-refractivity contribution < 1.29 is 14.3 Å². The van der Waals surface area contributed by atoms with Crippen LogP contribution >= 0.6 is 0 Å². The standard InChI is InChI=1S/C13H13N5O3/c1-21-13(20)11-4-2-10(3-5-11)6-15-17-12(19)7-18-9-14-8-16-18/h2-6,8-9H,7H2,1H3,(H,17,19)/b15-6+. The topological polar surface area (TPSA) is 98.5 Å². The fourth-order valence-electron chi connectivity index (χ4n) is 1.50. The van der Waals surface area contributed by atoms with Gasteiger partial charge in [-0.1, -0.05) is 12.1 Å². The SMILES string of the molecule is COC(=O)c1ccc(/C=N/NC(=O)Cn2cncn2)cc1. The summed E-state index contributed by atoms with van der Waals surface area (Å²) in [5.74, 6) is -0.720. The lowest BCUT2D eigenvalue weighted by molar-refractivity contribution is -0.121. The maximum absolute atomic E-state index is 11.5. The molecule has 0 aliphatic rings. The summed E-state index contributed by atoms with van der Waals surface area (Å²) in [5.41, 5.74) is 3.56. The lowest BCUT2D eigenvalue weighted by atomic mass is 10.1. The Bertz CT molecular complexity index is 634. The number of hydrogen-bond donors (Lipinski definition) is 1. The molecule has 1 aromatic carbocycles. The molecule has 0 unspecified atom stereocenters. The van der Waals surface area contributed by atoms with Gasteiger partial charge in [0, 0.05) is 0 Å². The Hall–Kier alpha value is -3.03. The monoisotopic (exact) mass is 287 g/mol. The third kappa shape index (κ3) is 4.23. The van der Waals surface area contributed by atoms with Crippen LogP contribution in [-0.4, -0.2) is 40.0 Å². The van der Waals surface area contributed by atoms with Crippen LogP contribution in [0.1, 0.15) is 15.9 Å².